The van der Waals surface area contributed by atoms with Gasteiger partial charge in [0.2, 0.25) is 11.1 Å². The lowest BCUT2D eigenvalue weighted by atomic mass is 10.2. The molecule has 0 aliphatic carbocycles. The van der Waals surface area contributed by atoms with Crippen LogP contribution in [-0.2, 0) is 4.79 Å². The molecule has 0 aliphatic rings. The second kappa shape index (κ2) is 6.82. The third-order valence-corrected chi connectivity index (χ3v) is 4.08. The molecule has 21 heavy (non-hydrogen) atoms. The van der Waals surface area contributed by atoms with Gasteiger partial charge in [-0.2, -0.15) is 0 Å². The normalized spacial score (nSPS) is 12.1. The largest absolute Gasteiger partial charge is 0.355 e. The van der Waals surface area contributed by atoms with Crippen LogP contribution in [0.4, 0.5) is 0 Å². The summed E-state index contributed by atoms with van der Waals surface area (Å²) in [5.74, 6) is 6.47. The van der Waals surface area contributed by atoms with Crippen molar-refractivity contribution >= 4 is 29.3 Å². The van der Waals surface area contributed by atoms with Crippen LogP contribution >= 0.6 is 23.4 Å². The van der Waals surface area contributed by atoms with E-state index in [1.807, 2.05) is 19.1 Å². The molecule has 2 rings (SSSR count). The minimum Gasteiger partial charge on any atom is -0.355 e. The van der Waals surface area contributed by atoms with Gasteiger partial charge >= 0.3 is 0 Å². The Labute approximate surface area is 132 Å². The van der Waals surface area contributed by atoms with Crippen LogP contribution in [0.5, 0.6) is 0 Å². The molecular weight excluding hydrogens is 310 g/mol. The predicted octanol–water partition coefficient (Wildman–Crippen LogP) is 1.93. The smallest absolute Gasteiger partial charge is 0.233 e. The predicted molar refractivity (Wildman–Crippen MR) is 84.6 cm³/mol. The number of nitrogens with two attached hydrogens (primary N) is 1. The van der Waals surface area contributed by atoms with Crippen molar-refractivity contribution in [1.82, 2.24) is 20.2 Å². The SMILES string of the molecule is CCNC(=O)[C@H](C)Sc1nnc(-c2ccc(Cl)cc2)n1N. The zero-order chi connectivity index (χ0) is 15.4. The molecule has 0 radical (unpaired) electrons. The number of halogens is 1. The van der Waals surface area contributed by atoms with Crippen molar-refractivity contribution in [2.45, 2.75) is 24.3 Å². The maximum absolute atomic E-state index is 11.7. The Bertz CT molecular complexity index is 628. The molecule has 0 aliphatic heterocycles. The number of amides is 1. The van der Waals surface area contributed by atoms with Crippen molar-refractivity contribution in [3.05, 3.63) is 29.3 Å². The van der Waals surface area contributed by atoms with Gasteiger partial charge in [-0.05, 0) is 38.1 Å². The lowest BCUT2D eigenvalue weighted by Gasteiger charge is -2.10. The summed E-state index contributed by atoms with van der Waals surface area (Å²) in [7, 11) is 0. The zero-order valence-corrected chi connectivity index (χ0v) is 13.3. The van der Waals surface area contributed by atoms with Gasteiger partial charge in [0.15, 0.2) is 5.82 Å². The van der Waals surface area contributed by atoms with Gasteiger partial charge in [-0.15, -0.1) is 10.2 Å². The van der Waals surface area contributed by atoms with Gasteiger partial charge in [-0.25, -0.2) is 4.68 Å². The summed E-state index contributed by atoms with van der Waals surface area (Å²) in [5, 5.41) is 11.7. The Balaban J connectivity index is 2.17. The summed E-state index contributed by atoms with van der Waals surface area (Å²) in [6.07, 6.45) is 0. The Morgan fingerprint density at radius 1 is 1.43 bits per heavy atom. The van der Waals surface area contributed by atoms with Crippen LogP contribution in [0, 0.1) is 0 Å². The first kappa shape index (κ1) is 15.7. The third kappa shape index (κ3) is 3.68. The van der Waals surface area contributed by atoms with Crippen LogP contribution in [0.15, 0.2) is 29.4 Å². The quantitative estimate of drug-likeness (QED) is 0.648. The fourth-order valence-corrected chi connectivity index (χ4v) is 2.60. The van der Waals surface area contributed by atoms with E-state index in [4.69, 9.17) is 17.4 Å². The maximum Gasteiger partial charge on any atom is 0.233 e. The fourth-order valence-electron chi connectivity index (χ4n) is 1.68. The first-order valence-corrected chi connectivity index (χ1v) is 7.69. The number of aromatic nitrogens is 3. The van der Waals surface area contributed by atoms with Gasteiger partial charge in [0.1, 0.15) is 0 Å². The highest BCUT2D eigenvalue weighted by molar-refractivity contribution is 8.00. The van der Waals surface area contributed by atoms with Gasteiger partial charge in [0.25, 0.3) is 0 Å². The van der Waals surface area contributed by atoms with E-state index in [0.29, 0.717) is 22.5 Å². The van der Waals surface area contributed by atoms with E-state index < -0.39 is 0 Å². The molecule has 8 heteroatoms. The molecule has 0 fully saturated rings. The standard InChI is InChI=1S/C13H16ClN5OS/c1-3-16-12(20)8(2)21-13-18-17-11(19(13)15)9-4-6-10(14)7-5-9/h4-8H,3,15H2,1-2H3,(H,16,20)/t8-/m0/s1. The van der Waals surface area contributed by atoms with E-state index >= 15 is 0 Å². The lowest BCUT2D eigenvalue weighted by Crippen LogP contribution is -2.31. The molecule has 0 unspecified atom stereocenters. The fraction of sp³-hybridized carbons (Fsp3) is 0.308. The minimum absolute atomic E-state index is 0.0569. The maximum atomic E-state index is 11.7. The number of rotatable bonds is 5. The first-order chi connectivity index (χ1) is 10.0. The molecule has 2 aromatic rings. The van der Waals surface area contributed by atoms with Crippen molar-refractivity contribution in [2.24, 2.45) is 0 Å². The van der Waals surface area contributed by atoms with E-state index in [-0.39, 0.29) is 11.2 Å². The van der Waals surface area contributed by atoms with Crippen molar-refractivity contribution in [1.29, 1.82) is 0 Å². The molecule has 6 nitrogen and oxygen atoms in total. The van der Waals surface area contributed by atoms with Gasteiger partial charge in [-0.3, -0.25) is 4.79 Å². The molecule has 112 valence electrons. The molecule has 0 saturated heterocycles. The second-order valence-corrected chi connectivity index (χ2v) is 6.08. The third-order valence-electron chi connectivity index (χ3n) is 2.77. The highest BCUT2D eigenvalue weighted by Crippen LogP contribution is 2.25. The molecule has 0 saturated carbocycles. The topological polar surface area (TPSA) is 85.8 Å². The van der Waals surface area contributed by atoms with Crippen molar-refractivity contribution in [2.75, 3.05) is 12.4 Å². The number of carbonyl (C=O) groups excluding carboxylic acids is 1. The molecule has 3 N–H and O–H groups in total. The highest BCUT2D eigenvalue weighted by Gasteiger charge is 2.19. The molecule has 1 aromatic heterocycles. The van der Waals surface area contributed by atoms with Gasteiger partial charge in [0, 0.05) is 17.1 Å². The van der Waals surface area contributed by atoms with Crippen LogP contribution in [0.3, 0.4) is 0 Å². The highest BCUT2D eigenvalue weighted by atomic mass is 35.5. The average Bonchev–Trinajstić information content (AvgIpc) is 2.81. The molecule has 1 atom stereocenters. The van der Waals surface area contributed by atoms with E-state index in [0.717, 1.165) is 5.56 Å². The first-order valence-electron chi connectivity index (χ1n) is 6.43. The Morgan fingerprint density at radius 2 is 2.10 bits per heavy atom. The molecular formula is C13H16ClN5OS. The second-order valence-electron chi connectivity index (χ2n) is 4.34. The summed E-state index contributed by atoms with van der Waals surface area (Å²) in [6.45, 7) is 4.26. The average molecular weight is 326 g/mol. The van der Waals surface area contributed by atoms with Gasteiger partial charge in [0.05, 0.1) is 5.25 Å². The molecule has 0 spiro atoms. The zero-order valence-electron chi connectivity index (χ0n) is 11.7. The monoisotopic (exact) mass is 325 g/mol. The molecule has 1 aromatic carbocycles. The minimum atomic E-state index is -0.297. The Morgan fingerprint density at radius 3 is 2.71 bits per heavy atom. The number of carbonyl (C=O) groups is 1. The van der Waals surface area contributed by atoms with E-state index in [2.05, 4.69) is 15.5 Å². The van der Waals surface area contributed by atoms with Crippen LogP contribution in [0.2, 0.25) is 5.02 Å². The van der Waals surface area contributed by atoms with Gasteiger partial charge in [-0.1, -0.05) is 23.4 Å². The van der Waals surface area contributed by atoms with Crippen molar-refractivity contribution < 1.29 is 4.79 Å². The van der Waals surface area contributed by atoms with Crippen LogP contribution in [-0.4, -0.2) is 32.6 Å². The van der Waals surface area contributed by atoms with Crippen molar-refractivity contribution in [3.8, 4) is 11.4 Å². The summed E-state index contributed by atoms with van der Waals surface area (Å²) in [4.78, 5) is 11.7. The number of nitrogen functional groups attached to an aromatic ring is 1. The summed E-state index contributed by atoms with van der Waals surface area (Å²) >= 11 is 7.12. The van der Waals surface area contributed by atoms with Crippen molar-refractivity contribution in [3.63, 3.8) is 0 Å². The van der Waals surface area contributed by atoms with E-state index in [1.54, 1.807) is 19.1 Å². The van der Waals surface area contributed by atoms with E-state index in [1.165, 1.54) is 16.4 Å². The number of thioether (sulfide) groups is 1. The van der Waals surface area contributed by atoms with Gasteiger partial charge < -0.3 is 11.2 Å². The number of nitrogens with zero attached hydrogens (tertiary/aromatic N) is 3. The summed E-state index contributed by atoms with van der Waals surface area (Å²) < 4.78 is 1.38. The Kier molecular flexibility index (Phi) is 5.08. The summed E-state index contributed by atoms with van der Waals surface area (Å²) in [6, 6.07) is 7.15. The number of hydrogen-bond donors (Lipinski definition) is 2. The van der Waals surface area contributed by atoms with Crippen LogP contribution in [0.25, 0.3) is 11.4 Å². The number of benzene rings is 1. The van der Waals surface area contributed by atoms with E-state index in [9.17, 15) is 4.79 Å². The van der Waals surface area contributed by atoms with Crippen LogP contribution < -0.4 is 11.2 Å². The molecule has 0 bridgehead atoms. The number of nitrogens with one attached hydrogen (secondary N) is 1. The molecule has 1 amide bonds. The lowest BCUT2D eigenvalue weighted by molar-refractivity contribution is -0.120. The summed E-state index contributed by atoms with van der Waals surface area (Å²) in [5.41, 5.74) is 0.812. The number of hydrogen-bond acceptors (Lipinski definition) is 5. The van der Waals surface area contributed by atoms with Crippen LogP contribution in [0.1, 0.15) is 13.8 Å². The molecule has 1 heterocycles. The Hall–Kier alpha value is -1.73.